The van der Waals surface area contributed by atoms with Crippen molar-refractivity contribution in [2.45, 2.75) is 31.8 Å². The number of rotatable bonds is 4. The first-order valence-corrected chi connectivity index (χ1v) is 5.75. The van der Waals surface area contributed by atoms with Gasteiger partial charge in [0.15, 0.2) is 11.6 Å². The zero-order valence-corrected chi connectivity index (χ0v) is 9.83. The minimum atomic E-state index is -0.189. The molecule has 0 aliphatic heterocycles. The van der Waals surface area contributed by atoms with E-state index in [1.165, 1.54) is 6.42 Å². The van der Waals surface area contributed by atoms with Crippen molar-refractivity contribution >= 4 is 5.82 Å². The highest BCUT2D eigenvalue weighted by Gasteiger charge is 2.25. The molecule has 1 aliphatic carbocycles. The highest BCUT2D eigenvalue weighted by Crippen LogP contribution is 2.29. The normalized spacial score (nSPS) is 15.9. The SMILES string of the molecule is CNCc1ccnc(N(C)C2CCC2)c1F. The van der Waals surface area contributed by atoms with Gasteiger partial charge in [0.2, 0.25) is 0 Å². The van der Waals surface area contributed by atoms with Crippen molar-refractivity contribution in [3.63, 3.8) is 0 Å². The van der Waals surface area contributed by atoms with Gasteiger partial charge in [0, 0.05) is 31.4 Å². The predicted octanol–water partition coefficient (Wildman–Crippen LogP) is 1.93. The molecule has 1 aliphatic rings. The van der Waals surface area contributed by atoms with E-state index in [9.17, 15) is 4.39 Å². The van der Waals surface area contributed by atoms with Crippen LogP contribution in [-0.2, 0) is 6.54 Å². The monoisotopic (exact) mass is 223 g/mol. The maximum atomic E-state index is 14.1. The van der Waals surface area contributed by atoms with Crippen LogP contribution < -0.4 is 10.2 Å². The Morgan fingerprint density at radius 2 is 2.31 bits per heavy atom. The quantitative estimate of drug-likeness (QED) is 0.845. The summed E-state index contributed by atoms with van der Waals surface area (Å²) < 4.78 is 14.1. The minimum absolute atomic E-state index is 0.189. The molecule has 1 N–H and O–H groups in total. The molecule has 1 heterocycles. The third-order valence-electron chi connectivity index (χ3n) is 3.27. The van der Waals surface area contributed by atoms with Gasteiger partial charge in [0.25, 0.3) is 0 Å². The zero-order chi connectivity index (χ0) is 11.5. The lowest BCUT2D eigenvalue weighted by atomic mass is 9.92. The Hall–Kier alpha value is -1.16. The molecule has 0 aromatic carbocycles. The molecule has 0 amide bonds. The number of pyridine rings is 1. The number of halogens is 1. The van der Waals surface area contributed by atoms with Gasteiger partial charge in [-0.25, -0.2) is 9.37 Å². The lowest BCUT2D eigenvalue weighted by molar-refractivity contribution is 0.395. The van der Waals surface area contributed by atoms with Gasteiger partial charge in [-0.2, -0.15) is 0 Å². The van der Waals surface area contributed by atoms with Crippen LogP contribution >= 0.6 is 0 Å². The summed E-state index contributed by atoms with van der Waals surface area (Å²) in [6, 6.07) is 2.19. The Kier molecular flexibility index (Phi) is 3.39. The van der Waals surface area contributed by atoms with Crippen molar-refractivity contribution in [2.75, 3.05) is 19.0 Å². The minimum Gasteiger partial charge on any atom is -0.354 e. The molecular formula is C12H18FN3. The topological polar surface area (TPSA) is 28.2 Å². The van der Waals surface area contributed by atoms with Gasteiger partial charge >= 0.3 is 0 Å². The number of nitrogens with zero attached hydrogens (tertiary/aromatic N) is 2. The molecule has 16 heavy (non-hydrogen) atoms. The Balaban J connectivity index is 2.22. The van der Waals surface area contributed by atoms with E-state index >= 15 is 0 Å². The van der Waals surface area contributed by atoms with Crippen LogP contribution in [0.1, 0.15) is 24.8 Å². The lowest BCUT2D eigenvalue weighted by Gasteiger charge is -2.35. The maximum absolute atomic E-state index is 14.1. The first kappa shape index (κ1) is 11.3. The van der Waals surface area contributed by atoms with Crippen molar-refractivity contribution < 1.29 is 4.39 Å². The average Bonchev–Trinajstić information content (AvgIpc) is 2.18. The maximum Gasteiger partial charge on any atom is 0.170 e. The molecule has 0 bridgehead atoms. The van der Waals surface area contributed by atoms with Crippen LogP contribution in [0.2, 0.25) is 0 Å². The predicted molar refractivity (Wildman–Crippen MR) is 63.0 cm³/mol. The van der Waals surface area contributed by atoms with Crippen LogP contribution in [0.4, 0.5) is 10.2 Å². The van der Waals surface area contributed by atoms with E-state index in [2.05, 4.69) is 10.3 Å². The smallest absolute Gasteiger partial charge is 0.170 e. The number of hydrogen-bond donors (Lipinski definition) is 1. The highest BCUT2D eigenvalue weighted by atomic mass is 19.1. The summed E-state index contributed by atoms with van der Waals surface area (Å²) in [6.45, 7) is 0.542. The van der Waals surface area contributed by atoms with Gasteiger partial charge in [0.05, 0.1) is 0 Å². The van der Waals surface area contributed by atoms with Gasteiger partial charge in [-0.3, -0.25) is 0 Å². The summed E-state index contributed by atoms with van der Waals surface area (Å²) >= 11 is 0. The fourth-order valence-electron chi connectivity index (χ4n) is 1.99. The van der Waals surface area contributed by atoms with Crippen LogP contribution in [0.3, 0.4) is 0 Å². The number of anilines is 1. The third kappa shape index (κ3) is 2.02. The Morgan fingerprint density at radius 1 is 1.56 bits per heavy atom. The Labute approximate surface area is 95.7 Å². The molecule has 0 atom stereocenters. The van der Waals surface area contributed by atoms with Crippen molar-refractivity contribution in [3.05, 3.63) is 23.6 Å². The van der Waals surface area contributed by atoms with E-state index in [0.717, 1.165) is 12.8 Å². The molecule has 1 aromatic rings. The van der Waals surface area contributed by atoms with E-state index in [0.29, 0.717) is 24.0 Å². The van der Waals surface area contributed by atoms with E-state index in [4.69, 9.17) is 0 Å². The first-order valence-electron chi connectivity index (χ1n) is 5.75. The van der Waals surface area contributed by atoms with E-state index in [-0.39, 0.29) is 5.82 Å². The highest BCUT2D eigenvalue weighted by molar-refractivity contribution is 5.43. The summed E-state index contributed by atoms with van der Waals surface area (Å²) in [6.07, 6.45) is 5.22. The van der Waals surface area contributed by atoms with E-state index in [1.807, 2.05) is 19.0 Å². The molecular weight excluding hydrogens is 205 g/mol. The molecule has 1 fully saturated rings. The molecule has 0 saturated heterocycles. The summed E-state index contributed by atoms with van der Waals surface area (Å²) in [5, 5.41) is 2.96. The van der Waals surface area contributed by atoms with Gasteiger partial charge < -0.3 is 10.2 Å². The molecule has 3 nitrogen and oxygen atoms in total. The molecule has 1 aromatic heterocycles. The summed E-state index contributed by atoms with van der Waals surface area (Å²) in [7, 11) is 3.74. The molecule has 0 unspecified atom stereocenters. The fraction of sp³-hybridized carbons (Fsp3) is 0.583. The lowest BCUT2D eigenvalue weighted by Crippen LogP contribution is -2.38. The van der Waals surface area contributed by atoms with Crippen molar-refractivity contribution in [3.8, 4) is 0 Å². The summed E-state index contributed by atoms with van der Waals surface area (Å²) in [5.41, 5.74) is 0.679. The third-order valence-corrected chi connectivity index (χ3v) is 3.27. The first-order chi connectivity index (χ1) is 7.74. The van der Waals surface area contributed by atoms with Crippen molar-refractivity contribution in [1.82, 2.24) is 10.3 Å². The second kappa shape index (κ2) is 4.78. The Morgan fingerprint density at radius 3 is 2.88 bits per heavy atom. The molecule has 1 saturated carbocycles. The van der Waals surface area contributed by atoms with Gasteiger partial charge in [-0.15, -0.1) is 0 Å². The summed E-state index contributed by atoms with van der Waals surface area (Å²) in [5.74, 6) is 0.295. The average molecular weight is 223 g/mol. The van der Waals surface area contributed by atoms with E-state index in [1.54, 1.807) is 12.3 Å². The van der Waals surface area contributed by atoms with Crippen molar-refractivity contribution in [1.29, 1.82) is 0 Å². The van der Waals surface area contributed by atoms with Crippen LogP contribution in [0.15, 0.2) is 12.3 Å². The standard InChI is InChI=1S/C12H18FN3/c1-14-8-9-6-7-15-12(11(9)13)16(2)10-4-3-5-10/h6-7,10,14H,3-5,8H2,1-2H3. The van der Waals surface area contributed by atoms with Crippen LogP contribution in [0, 0.1) is 5.82 Å². The molecule has 4 heteroatoms. The van der Waals surface area contributed by atoms with Crippen LogP contribution in [0.25, 0.3) is 0 Å². The second-order valence-corrected chi connectivity index (χ2v) is 4.33. The fourth-order valence-corrected chi connectivity index (χ4v) is 1.99. The second-order valence-electron chi connectivity index (χ2n) is 4.33. The molecule has 0 spiro atoms. The van der Waals surface area contributed by atoms with Gasteiger partial charge in [-0.1, -0.05) is 0 Å². The van der Waals surface area contributed by atoms with E-state index < -0.39 is 0 Å². The van der Waals surface area contributed by atoms with Crippen LogP contribution in [-0.4, -0.2) is 25.1 Å². The number of hydrogen-bond acceptors (Lipinski definition) is 3. The number of nitrogens with one attached hydrogen (secondary N) is 1. The van der Waals surface area contributed by atoms with Gasteiger partial charge in [0.1, 0.15) is 0 Å². The Bertz CT molecular complexity index is 363. The van der Waals surface area contributed by atoms with Gasteiger partial charge in [-0.05, 0) is 32.4 Å². The molecule has 0 radical (unpaired) electrons. The number of aromatic nitrogens is 1. The van der Waals surface area contributed by atoms with Crippen LogP contribution in [0.5, 0.6) is 0 Å². The summed E-state index contributed by atoms with van der Waals surface area (Å²) in [4.78, 5) is 6.12. The molecule has 88 valence electrons. The largest absolute Gasteiger partial charge is 0.354 e. The van der Waals surface area contributed by atoms with Crippen molar-refractivity contribution in [2.24, 2.45) is 0 Å². The molecule has 2 rings (SSSR count). The zero-order valence-electron chi connectivity index (χ0n) is 9.83.